The minimum atomic E-state index is -3.74. The summed E-state index contributed by atoms with van der Waals surface area (Å²) in [5.41, 5.74) is 1.71. The Hall–Kier alpha value is -2.78. The molecule has 2 aromatic carbocycles. The number of fused-ring (bicyclic) bond motifs is 1. The molecule has 142 valence electrons. The lowest BCUT2D eigenvalue weighted by molar-refractivity contribution is -0.126. The molecule has 0 bridgehead atoms. The Bertz CT molecular complexity index is 990. The first kappa shape index (κ1) is 19.0. The Labute approximate surface area is 155 Å². The van der Waals surface area contributed by atoms with Gasteiger partial charge in [0.2, 0.25) is 21.8 Å². The number of carbonyl (C=O) groups excluding carboxylic acids is 2. The highest BCUT2D eigenvalue weighted by atomic mass is 32.2. The van der Waals surface area contributed by atoms with Crippen molar-refractivity contribution in [3.63, 3.8) is 0 Å². The first-order valence-corrected chi connectivity index (χ1v) is 9.77. The molecule has 3 rings (SSSR count). The number of hydrogen-bond donors (Lipinski definition) is 3. The van der Waals surface area contributed by atoms with E-state index in [1.165, 1.54) is 30.3 Å². The van der Waals surface area contributed by atoms with Gasteiger partial charge in [-0.05, 0) is 41.8 Å². The van der Waals surface area contributed by atoms with Crippen LogP contribution in [0.1, 0.15) is 23.5 Å². The number of rotatable bonds is 5. The van der Waals surface area contributed by atoms with Crippen LogP contribution in [0.5, 0.6) is 0 Å². The molecule has 7 nitrogen and oxygen atoms in total. The second-order valence-electron chi connectivity index (χ2n) is 6.27. The average molecular weight is 391 g/mol. The number of halogens is 1. The normalized spacial score (nSPS) is 16.4. The number of primary sulfonamides is 1. The number of benzene rings is 2. The van der Waals surface area contributed by atoms with E-state index >= 15 is 0 Å². The van der Waals surface area contributed by atoms with Crippen LogP contribution < -0.4 is 15.8 Å². The largest absolute Gasteiger partial charge is 0.355 e. The van der Waals surface area contributed by atoms with Crippen molar-refractivity contribution >= 4 is 27.5 Å². The van der Waals surface area contributed by atoms with Crippen molar-refractivity contribution < 1.29 is 22.4 Å². The zero-order chi connectivity index (χ0) is 19.6. The monoisotopic (exact) mass is 391 g/mol. The van der Waals surface area contributed by atoms with Crippen LogP contribution in [0.3, 0.4) is 0 Å². The molecule has 1 aliphatic heterocycles. The van der Waals surface area contributed by atoms with Gasteiger partial charge in [0.05, 0.1) is 10.8 Å². The quantitative estimate of drug-likeness (QED) is 0.711. The van der Waals surface area contributed by atoms with Gasteiger partial charge in [-0.25, -0.2) is 17.9 Å². The molecule has 2 aromatic rings. The Kier molecular flexibility index (Phi) is 5.24. The maximum Gasteiger partial charge on any atom is 0.238 e. The van der Waals surface area contributed by atoms with E-state index in [0.717, 1.165) is 5.56 Å². The molecule has 0 saturated heterocycles. The topological polar surface area (TPSA) is 118 Å². The number of anilines is 1. The fraction of sp³-hybridized carbons (Fsp3) is 0.222. The minimum Gasteiger partial charge on any atom is -0.355 e. The predicted octanol–water partition coefficient (Wildman–Crippen LogP) is 1.26. The van der Waals surface area contributed by atoms with Crippen molar-refractivity contribution in [2.75, 3.05) is 11.9 Å². The van der Waals surface area contributed by atoms with Crippen LogP contribution >= 0.6 is 0 Å². The second kappa shape index (κ2) is 7.45. The molecule has 0 aromatic heterocycles. The summed E-state index contributed by atoms with van der Waals surface area (Å²) < 4.78 is 35.8. The molecular formula is C18H18FN3O4S. The summed E-state index contributed by atoms with van der Waals surface area (Å²) in [4.78, 5) is 24.3. The van der Waals surface area contributed by atoms with Gasteiger partial charge in [0.15, 0.2) is 0 Å². The number of sulfonamides is 1. The third-order valence-corrected chi connectivity index (χ3v) is 5.26. The highest BCUT2D eigenvalue weighted by Gasteiger charge is 2.30. The molecule has 2 amide bonds. The van der Waals surface area contributed by atoms with E-state index in [4.69, 9.17) is 5.14 Å². The highest BCUT2D eigenvalue weighted by molar-refractivity contribution is 7.89. The molecule has 1 atom stereocenters. The number of carbonyl (C=O) groups is 2. The summed E-state index contributed by atoms with van der Waals surface area (Å²) in [6, 6.07) is 10.0. The second-order valence-corrected chi connectivity index (χ2v) is 7.83. The van der Waals surface area contributed by atoms with Crippen molar-refractivity contribution in [1.29, 1.82) is 0 Å². The third kappa shape index (κ3) is 4.50. The van der Waals surface area contributed by atoms with Gasteiger partial charge in [-0.3, -0.25) is 9.59 Å². The van der Waals surface area contributed by atoms with Crippen LogP contribution in [-0.4, -0.2) is 26.8 Å². The highest BCUT2D eigenvalue weighted by Crippen LogP contribution is 2.32. The lowest BCUT2D eigenvalue weighted by atomic mass is 9.89. The fourth-order valence-electron chi connectivity index (χ4n) is 2.97. The van der Waals surface area contributed by atoms with Gasteiger partial charge in [0.1, 0.15) is 5.82 Å². The summed E-state index contributed by atoms with van der Waals surface area (Å²) >= 11 is 0. The van der Waals surface area contributed by atoms with Crippen molar-refractivity contribution in [2.24, 2.45) is 5.14 Å². The smallest absolute Gasteiger partial charge is 0.238 e. The van der Waals surface area contributed by atoms with E-state index in [1.54, 1.807) is 12.1 Å². The summed E-state index contributed by atoms with van der Waals surface area (Å²) in [6.45, 7) is 0.308. The summed E-state index contributed by atoms with van der Waals surface area (Å²) in [5.74, 6) is -1.83. The van der Waals surface area contributed by atoms with Crippen LogP contribution in [0.15, 0.2) is 47.4 Å². The van der Waals surface area contributed by atoms with E-state index < -0.39 is 21.8 Å². The third-order valence-electron chi connectivity index (χ3n) is 4.34. The Morgan fingerprint density at radius 1 is 1.22 bits per heavy atom. The average Bonchev–Trinajstić information content (AvgIpc) is 2.60. The zero-order valence-electron chi connectivity index (χ0n) is 14.2. The molecule has 1 aliphatic rings. The van der Waals surface area contributed by atoms with Crippen LogP contribution in [0.4, 0.5) is 10.1 Å². The lowest BCUT2D eigenvalue weighted by Crippen LogP contribution is -2.36. The van der Waals surface area contributed by atoms with Crippen molar-refractivity contribution in [3.05, 3.63) is 59.4 Å². The van der Waals surface area contributed by atoms with E-state index in [2.05, 4.69) is 10.6 Å². The minimum absolute atomic E-state index is 0.00643. The standard InChI is InChI=1S/C18H18FN3O4S/c19-12-3-6-14-15(10-17(23)22-16(14)9-12)18(24)21-8-7-11-1-4-13(5-2-11)27(20,25)26/h1-6,9,15H,7-8,10H2,(H,21,24)(H,22,23)(H2,20,25,26). The van der Waals surface area contributed by atoms with E-state index in [0.29, 0.717) is 24.2 Å². The number of nitrogens with one attached hydrogen (secondary N) is 2. The molecule has 0 aliphatic carbocycles. The van der Waals surface area contributed by atoms with Crippen LogP contribution in [0.25, 0.3) is 0 Å². The van der Waals surface area contributed by atoms with Gasteiger partial charge in [0, 0.05) is 18.7 Å². The number of amides is 2. The van der Waals surface area contributed by atoms with E-state index in [-0.39, 0.29) is 23.1 Å². The Balaban J connectivity index is 1.62. The molecule has 0 radical (unpaired) electrons. The van der Waals surface area contributed by atoms with Gasteiger partial charge < -0.3 is 10.6 Å². The van der Waals surface area contributed by atoms with Crippen molar-refractivity contribution in [3.8, 4) is 0 Å². The SMILES string of the molecule is NS(=O)(=O)c1ccc(CCNC(=O)C2CC(=O)Nc3cc(F)ccc32)cc1. The van der Waals surface area contributed by atoms with E-state index in [1.807, 2.05) is 0 Å². The molecule has 1 unspecified atom stereocenters. The summed E-state index contributed by atoms with van der Waals surface area (Å²) in [5, 5.41) is 10.4. The maximum absolute atomic E-state index is 13.3. The first-order valence-electron chi connectivity index (χ1n) is 8.23. The molecule has 4 N–H and O–H groups in total. The number of hydrogen-bond acceptors (Lipinski definition) is 4. The molecular weight excluding hydrogens is 373 g/mol. The van der Waals surface area contributed by atoms with Crippen LogP contribution in [0.2, 0.25) is 0 Å². The molecule has 0 fully saturated rings. The zero-order valence-corrected chi connectivity index (χ0v) is 15.1. The number of nitrogens with two attached hydrogens (primary N) is 1. The van der Waals surface area contributed by atoms with Gasteiger partial charge in [0.25, 0.3) is 0 Å². The summed E-state index contributed by atoms with van der Waals surface area (Å²) in [6.07, 6.45) is 0.472. The molecule has 9 heteroatoms. The molecule has 0 saturated carbocycles. The van der Waals surface area contributed by atoms with E-state index in [9.17, 15) is 22.4 Å². The lowest BCUT2D eigenvalue weighted by Gasteiger charge is -2.24. The maximum atomic E-state index is 13.3. The Morgan fingerprint density at radius 3 is 2.59 bits per heavy atom. The van der Waals surface area contributed by atoms with Crippen molar-refractivity contribution in [1.82, 2.24) is 5.32 Å². The van der Waals surface area contributed by atoms with Crippen LogP contribution in [-0.2, 0) is 26.0 Å². The molecule has 1 heterocycles. The molecule has 27 heavy (non-hydrogen) atoms. The first-order chi connectivity index (χ1) is 12.7. The van der Waals surface area contributed by atoms with Gasteiger partial charge >= 0.3 is 0 Å². The molecule has 0 spiro atoms. The van der Waals surface area contributed by atoms with Gasteiger partial charge in [-0.1, -0.05) is 18.2 Å². The van der Waals surface area contributed by atoms with Crippen LogP contribution in [0, 0.1) is 5.82 Å². The van der Waals surface area contributed by atoms with Gasteiger partial charge in [-0.2, -0.15) is 0 Å². The Morgan fingerprint density at radius 2 is 1.93 bits per heavy atom. The summed E-state index contributed by atoms with van der Waals surface area (Å²) in [7, 11) is -3.74. The van der Waals surface area contributed by atoms with Crippen molar-refractivity contribution in [2.45, 2.75) is 23.7 Å². The van der Waals surface area contributed by atoms with Gasteiger partial charge in [-0.15, -0.1) is 0 Å². The predicted molar refractivity (Wildman–Crippen MR) is 96.9 cm³/mol. The fourth-order valence-corrected chi connectivity index (χ4v) is 3.49.